The molecule has 5 nitrogen and oxygen atoms in total. The summed E-state index contributed by atoms with van der Waals surface area (Å²) in [6.45, 7) is 3.93. The lowest BCUT2D eigenvalue weighted by atomic mass is 10.2. The molecule has 2 unspecified atom stereocenters. The number of hydrogen-bond acceptors (Lipinski definition) is 4. The number of piperidine rings is 1. The van der Waals surface area contributed by atoms with Crippen molar-refractivity contribution >= 4 is 11.4 Å². The summed E-state index contributed by atoms with van der Waals surface area (Å²) in [6.07, 6.45) is 0. The van der Waals surface area contributed by atoms with E-state index in [1.54, 1.807) is 6.07 Å². The standard InChI is InChI=1S/C12H15N3O2/c1-7-2-3-10(11(4-7)15(16)17)14-12-8-5-13-6-9(8)12/h2-4,8-9,12-14H,5-6H2,1H3. The minimum absolute atomic E-state index is 0.183. The molecule has 3 rings (SSSR count). The predicted octanol–water partition coefficient (Wildman–Crippen LogP) is 1.53. The van der Waals surface area contributed by atoms with E-state index < -0.39 is 0 Å². The summed E-state index contributed by atoms with van der Waals surface area (Å²) in [4.78, 5) is 10.7. The number of nitro groups is 1. The van der Waals surface area contributed by atoms with Gasteiger partial charge in [0.1, 0.15) is 5.69 Å². The average Bonchev–Trinajstić information content (AvgIpc) is 2.75. The Kier molecular flexibility index (Phi) is 2.29. The van der Waals surface area contributed by atoms with Gasteiger partial charge in [-0.05, 0) is 30.4 Å². The molecule has 2 N–H and O–H groups in total. The van der Waals surface area contributed by atoms with E-state index in [1.807, 2.05) is 19.1 Å². The van der Waals surface area contributed by atoms with Crippen molar-refractivity contribution < 1.29 is 4.92 Å². The van der Waals surface area contributed by atoms with Crippen molar-refractivity contribution in [3.05, 3.63) is 33.9 Å². The molecule has 5 heteroatoms. The van der Waals surface area contributed by atoms with Crippen LogP contribution in [-0.2, 0) is 0 Å². The number of hydrogen-bond donors (Lipinski definition) is 2. The van der Waals surface area contributed by atoms with Gasteiger partial charge in [0.2, 0.25) is 0 Å². The summed E-state index contributed by atoms with van der Waals surface area (Å²) in [5, 5.41) is 17.6. The number of nitrogens with zero attached hydrogens (tertiary/aromatic N) is 1. The highest BCUT2D eigenvalue weighted by Gasteiger charge is 2.53. The lowest BCUT2D eigenvalue weighted by Crippen LogP contribution is -2.21. The number of nitro benzene ring substituents is 1. The van der Waals surface area contributed by atoms with E-state index in [0.717, 1.165) is 18.7 Å². The van der Waals surface area contributed by atoms with E-state index >= 15 is 0 Å². The van der Waals surface area contributed by atoms with E-state index in [4.69, 9.17) is 0 Å². The molecular weight excluding hydrogens is 218 g/mol. The van der Waals surface area contributed by atoms with Crippen LogP contribution < -0.4 is 10.6 Å². The summed E-state index contributed by atoms with van der Waals surface area (Å²) < 4.78 is 0. The van der Waals surface area contributed by atoms with E-state index in [-0.39, 0.29) is 10.6 Å². The second-order valence-electron chi connectivity index (χ2n) is 4.93. The van der Waals surface area contributed by atoms with Gasteiger partial charge >= 0.3 is 0 Å². The molecule has 1 saturated heterocycles. The Hall–Kier alpha value is -1.62. The van der Waals surface area contributed by atoms with Gasteiger partial charge in [-0.1, -0.05) is 6.07 Å². The molecule has 0 amide bonds. The van der Waals surface area contributed by atoms with Crippen molar-refractivity contribution in [3.63, 3.8) is 0 Å². The molecule has 17 heavy (non-hydrogen) atoms. The van der Waals surface area contributed by atoms with E-state index in [0.29, 0.717) is 23.6 Å². The lowest BCUT2D eigenvalue weighted by molar-refractivity contribution is -0.384. The van der Waals surface area contributed by atoms with Crippen molar-refractivity contribution in [1.29, 1.82) is 0 Å². The maximum absolute atomic E-state index is 11.0. The quantitative estimate of drug-likeness (QED) is 0.613. The van der Waals surface area contributed by atoms with Crippen molar-refractivity contribution in [2.75, 3.05) is 18.4 Å². The van der Waals surface area contributed by atoms with Crippen LogP contribution >= 0.6 is 0 Å². The first-order chi connectivity index (χ1) is 8.16. The molecule has 0 spiro atoms. The molecule has 1 saturated carbocycles. The molecule has 1 aliphatic carbocycles. The molecule has 1 aromatic rings. The summed E-state index contributed by atoms with van der Waals surface area (Å²) in [5.41, 5.74) is 1.75. The van der Waals surface area contributed by atoms with Gasteiger partial charge in [-0.2, -0.15) is 0 Å². The number of rotatable bonds is 3. The van der Waals surface area contributed by atoms with E-state index in [1.165, 1.54) is 0 Å². The maximum Gasteiger partial charge on any atom is 0.292 e. The third-order valence-electron chi connectivity index (χ3n) is 3.76. The normalized spacial score (nSPS) is 29.8. The molecule has 2 aliphatic rings. The van der Waals surface area contributed by atoms with Crippen molar-refractivity contribution in [2.45, 2.75) is 13.0 Å². The fourth-order valence-electron chi connectivity index (χ4n) is 2.73. The minimum Gasteiger partial charge on any atom is -0.376 e. The van der Waals surface area contributed by atoms with Crippen LogP contribution in [0.2, 0.25) is 0 Å². The number of aryl methyl sites for hydroxylation is 1. The van der Waals surface area contributed by atoms with Gasteiger partial charge in [-0.25, -0.2) is 0 Å². The Balaban J connectivity index is 1.81. The highest BCUT2D eigenvalue weighted by molar-refractivity contribution is 5.63. The van der Waals surface area contributed by atoms with Crippen LogP contribution in [0.15, 0.2) is 18.2 Å². The molecule has 0 bridgehead atoms. The molecule has 1 aromatic carbocycles. The fraction of sp³-hybridized carbons (Fsp3) is 0.500. The van der Waals surface area contributed by atoms with Crippen molar-refractivity contribution in [3.8, 4) is 0 Å². The Bertz CT molecular complexity index is 465. The summed E-state index contributed by atoms with van der Waals surface area (Å²) >= 11 is 0. The number of nitrogens with one attached hydrogen (secondary N) is 2. The van der Waals surface area contributed by atoms with Crippen LogP contribution in [0.3, 0.4) is 0 Å². The fourth-order valence-corrected chi connectivity index (χ4v) is 2.73. The molecular formula is C12H15N3O2. The van der Waals surface area contributed by atoms with E-state index in [2.05, 4.69) is 10.6 Å². The largest absolute Gasteiger partial charge is 0.376 e. The Morgan fingerprint density at radius 2 is 2.12 bits per heavy atom. The maximum atomic E-state index is 11.0. The Morgan fingerprint density at radius 3 is 2.76 bits per heavy atom. The molecule has 90 valence electrons. The average molecular weight is 233 g/mol. The zero-order valence-corrected chi connectivity index (χ0v) is 9.64. The summed E-state index contributed by atoms with van der Waals surface area (Å²) in [7, 11) is 0. The van der Waals surface area contributed by atoms with Gasteiger partial charge in [-0.3, -0.25) is 10.1 Å². The third kappa shape index (κ3) is 1.76. The molecule has 2 atom stereocenters. The van der Waals surface area contributed by atoms with Gasteiger partial charge in [-0.15, -0.1) is 0 Å². The Labute approximate surface area is 99.4 Å². The van der Waals surface area contributed by atoms with Gasteiger partial charge in [0.05, 0.1) is 4.92 Å². The van der Waals surface area contributed by atoms with Crippen LogP contribution in [-0.4, -0.2) is 24.1 Å². The highest BCUT2D eigenvalue weighted by atomic mass is 16.6. The zero-order valence-electron chi connectivity index (χ0n) is 9.64. The second-order valence-corrected chi connectivity index (χ2v) is 4.93. The first kappa shape index (κ1) is 10.5. The first-order valence-electron chi connectivity index (χ1n) is 5.89. The topological polar surface area (TPSA) is 67.2 Å². The van der Waals surface area contributed by atoms with Crippen LogP contribution in [0.5, 0.6) is 0 Å². The molecule has 0 aromatic heterocycles. The van der Waals surface area contributed by atoms with Crippen LogP contribution in [0.1, 0.15) is 5.56 Å². The number of benzene rings is 1. The molecule has 2 fully saturated rings. The van der Waals surface area contributed by atoms with Crippen LogP contribution in [0.4, 0.5) is 11.4 Å². The van der Waals surface area contributed by atoms with Crippen molar-refractivity contribution in [1.82, 2.24) is 5.32 Å². The minimum atomic E-state index is -0.314. The van der Waals surface area contributed by atoms with Crippen molar-refractivity contribution in [2.24, 2.45) is 11.8 Å². The SMILES string of the molecule is Cc1ccc(NC2C3CNCC32)c([N+](=O)[O-])c1. The molecule has 0 radical (unpaired) electrons. The first-order valence-corrected chi connectivity index (χ1v) is 5.89. The third-order valence-corrected chi connectivity index (χ3v) is 3.76. The second kappa shape index (κ2) is 3.70. The van der Waals surface area contributed by atoms with E-state index in [9.17, 15) is 10.1 Å². The zero-order chi connectivity index (χ0) is 12.0. The Morgan fingerprint density at radius 1 is 1.41 bits per heavy atom. The smallest absolute Gasteiger partial charge is 0.292 e. The van der Waals surface area contributed by atoms with Crippen LogP contribution in [0.25, 0.3) is 0 Å². The van der Waals surface area contributed by atoms with Gasteiger partial charge in [0.15, 0.2) is 0 Å². The monoisotopic (exact) mass is 233 g/mol. The van der Waals surface area contributed by atoms with Gasteiger partial charge < -0.3 is 10.6 Å². The number of fused-ring (bicyclic) bond motifs is 1. The summed E-state index contributed by atoms with van der Waals surface area (Å²) in [5.74, 6) is 1.30. The van der Waals surface area contributed by atoms with Crippen LogP contribution in [0, 0.1) is 28.9 Å². The molecule has 1 aliphatic heterocycles. The van der Waals surface area contributed by atoms with Gasteiger partial charge in [0.25, 0.3) is 5.69 Å². The molecule has 1 heterocycles. The highest BCUT2D eigenvalue weighted by Crippen LogP contribution is 2.44. The lowest BCUT2D eigenvalue weighted by Gasteiger charge is -2.09. The number of anilines is 1. The summed E-state index contributed by atoms with van der Waals surface area (Å²) in [6, 6.07) is 5.76. The van der Waals surface area contributed by atoms with Gasteiger partial charge in [0, 0.05) is 25.2 Å². The predicted molar refractivity (Wildman–Crippen MR) is 65.1 cm³/mol.